The van der Waals surface area contributed by atoms with Gasteiger partial charge in [-0.05, 0) is 43.1 Å². The number of rotatable bonds is 2. The van der Waals surface area contributed by atoms with Crippen LogP contribution in [0.4, 0.5) is 4.39 Å². The van der Waals surface area contributed by atoms with Crippen LogP contribution in [0.5, 0.6) is 0 Å². The molecule has 0 aromatic heterocycles. The minimum absolute atomic E-state index is 0.0797. The van der Waals surface area contributed by atoms with E-state index >= 15 is 0 Å². The topological polar surface area (TPSA) is 46.2 Å². The van der Waals surface area contributed by atoms with Crippen molar-refractivity contribution < 1.29 is 12.8 Å². The number of benzene rings is 1. The SMILES string of the molecule is Cc1cc(F)c(C2CCNC2)cc1S(C)(=O)=O. The highest BCUT2D eigenvalue weighted by molar-refractivity contribution is 7.90. The van der Waals surface area contributed by atoms with Crippen LogP contribution in [0, 0.1) is 12.7 Å². The Balaban J connectivity index is 2.53. The van der Waals surface area contributed by atoms with Crippen LogP contribution in [0.15, 0.2) is 17.0 Å². The highest BCUT2D eigenvalue weighted by atomic mass is 32.2. The second kappa shape index (κ2) is 4.38. The van der Waals surface area contributed by atoms with Crippen LogP contribution >= 0.6 is 0 Å². The molecule has 1 saturated heterocycles. The lowest BCUT2D eigenvalue weighted by Crippen LogP contribution is -2.10. The summed E-state index contributed by atoms with van der Waals surface area (Å²) in [5.74, 6) is -0.223. The highest BCUT2D eigenvalue weighted by Gasteiger charge is 2.23. The molecule has 5 heteroatoms. The van der Waals surface area contributed by atoms with Gasteiger partial charge in [-0.3, -0.25) is 0 Å². The minimum Gasteiger partial charge on any atom is -0.316 e. The summed E-state index contributed by atoms with van der Waals surface area (Å²) in [5.41, 5.74) is 0.987. The lowest BCUT2D eigenvalue weighted by molar-refractivity contribution is 0.580. The van der Waals surface area contributed by atoms with E-state index in [2.05, 4.69) is 5.32 Å². The summed E-state index contributed by atoms with van der Waals surface area (Å²) in [4.78, 5) is 0.237. The van der Waals surface area contributed by atoms with Crippen LogP contribution in [0.2, 0.25) is 0 Å². The van der Waals surface area contributed by atoms with Gasteiger partial charge in [0, 0.05) is 18.7 Å². The standard InChI is InChI=1S/C12H16FNO2S/c1-8-5-11(13)10(9-3-4-14-7-9)6-12(8)17(2,15)16/h5-6,9,14H,3-4,7H2,1-2H3. The number of halogens is 1. The zero-order chi connectivity index (χ0) is 12.6. The predicted molar refractivity (Wildman–Crippen MR) is 64.5 cm³/mol. The predicted octanol–water partition coefficient (Wildman–Crippen LogP) is 1.61. The summed E-state index contributed by atoms with van der Waals surface area (Å²) in [6.45, 7) is 3.19. The van der Waals surface area contributed by atoms with Gasteiger partial charge in [0.05, 0.1) is 4.90 Å². The smallest absolute Gasteiger partial charge is 0.175 e. The number of nitrogens with one attached hydrogen (secondary N) is 1. The van der Waals surface area contributed by atoms with Crippen molar-refractivity contribution in [3.63, 3.8) is 0 Å². The Morgan fingerprint density at radius 3 is 2.65 bits per heavy atom. The van der Waals surface area contributed by atoms with E-state index in [4.69, 9.17) is 0 Å². The van der Waals surface area contributed by atoms with Gasteiger partial charge in [0.1, 0.15) is 5.82 Å². The average molecular weight is 257 g/mol. The summed E-state index contributed by atoms with van der Waals surface area (Å²) in [6.07, 6.45) is 2.01. The van der Waals surface area contributed by atoms with Gasteiger partial charge in [0.15, 0.2) is 9.84 Å². The highest BCUT2D eigenvalue weighted by Crippen LogP contribution is 2.29. The van der Waals surface area contributed by atoms with Crippen molar-refractivity contribution in [1.82, 2.24) is 5.32 Å². The first-order chi connectivity index (χ1) is 7.89. The molecule has 0 aliphatic carbocycles. The Hall–Kier alpha value is -0.940. The van der Waals surface area contributed by atoms with E-state index in [9.17, 15) is 12.8 Å². The molecule has 3 nitrogen and oxygen atoms in total. The quantitative estimate of drug-likeness (QED) is 0.819. The Morgan fingerprint density at radius 2 is 2.12 bits per heavy atom. The van der Waals surface area contributed by atoms with Gasteiger partial charge in [-0.15, -0.1) is 0 Å². The second-order valence-corrected chi connectivity index (χ2v) is 6.59. The van der Waals surface area contributed by atoms with Crippen molar-refractivity contribution in [3.8, 4) is 0 Å². The van der Waals surface area contributed by atoms with Crippen LogP contribution in [0.25, 0.3) is 0 Å². The lowest BCUT2D eigenvalue weighted by atomic mass is 9.97. The molecule has 1 fully saturated rings. The van der Waals surface area contributed by atoms with Gasteiger partial charge in [-0.2, -0.15) is 0 Å². The molecule has 0 amide bonds. The summed E-state index contributed by atoms with van der Waals surface area (Å²) >= 11 is 0. The summed E-state index contributed by atoms with van der Waals surface area (Å²) < 4.78 is 37.0. The molecule has 1 aliphatic heterocycles. The third-order valence-corrected chi connectivity index (χ3v) is 4.43. The molecule has 0 radical (unpaired) electrons. The van der Waals surface area contributed by atoms with Crippen molar-refractivity contribution in [1.29, 1.82) is 0 Å². The summed E-state index contributed by atoms with van der Waals surface area (Å²) in [5, 5.41) is 3.15. The van der Waals surface area contributed by atoms with Crippen LogP contribution in [0.1, 0.15) is 23.5 Å². The lowest BCUT2D eigenvalue weighted by Gasteiger charge is -2.13. The third kappa shape index (κ3) is 2.50. The zero-order valence-corrected chi connectivity index (χ0v) is 10.8. The third-order valence-electron chi connectivity index (χ3n) is 3.19. The fourth-order valence-corrected chi connectivity index (χ4v) is 3.29. The second-order valence-electron chi connectivity index (χ2n) is 4.60. The maximum atomic E-state index is 13.8. The number of hydrogen-bond donors (Lipinski definition) is 1. The first-order valence-corrected chi connectivity index (χ1v) is 7.49. The Kier molecular flexibility index (Phi) is 3.23. The number of sulfone groups is 1. The molecule has 0 saturated carbocycles. The molecule has 1 heterocycles. The van der Waals surface area contributed by atoms with E-state index in [1.54, 1.807) is 6.92 Å². The summed E-state index contributed by atoms with van der Waals surface area (Å²) in [6, 6.07) is 2.82. The molecule has 0 spiro atoms. The first kappa shape index (κ1) is 12.5. The van der Waals surface area contributed by atoms with E-state index in [-0.39, 0.29) is 16.6 Å². The average Bonchev–Trinajstić information content (AvgIpc) is 2.68. The van der Waals surface area contributed by atoms with E-state index in [1.807, 2.05) is 0 Å². The normalized spacial score (nSPS) is 20.8. The van der Waals surface area contributed by atoms with Gasteiger partial charge < -0.3 is 5.32 Å². The Labute approximate surface area is 101 Å². The molecular weight excluding hydrogens is 241 g/mol. The largest absolute Gasteiger partial charge is 0.316 e. The van der Waals surface area contributed by atoms with Crippen molar-refractivity contribution in [2.24, 2.45) is 0 Å². The van der Waals surface area contributed by atoms with Crippen molar-refractivity contribution in [3.05, 3.63) is 29.1 Å². The molecular formula is C12H16FNO2S. The van der Waals surface area contributed by atoms with Gasteiger partial charge in [-0.25, -0.2) is 12.8 Å². The maximum Gasteiger partial charge on any atom is 0.175 e. The van der Waals surface area contributed by atoms with E-state index in [0.717, 1.165) is 19.2 Å². The molecule has 1 aromatic carbocycles. The van der Waals surface area contributed by atoms with Crippen molar-refractivity contribution >= 4 is 9.84 Å². The fraction of sp³-hybridized carbons (Fsp3) is 0.500. The Morgan fingerprint density at radius 1 is 1.41 bits per heavy atom. The van der Waals surface area contributed by atoms with E-state index < -0.39 is 9.84 Å². The maximum absolute atomic E-state index is 13.8. The van der Waals surface area contributed by atoms with Gasteiger partial charge in [-0.1, -0.05) is 0 Å². The minimum atomic E-state index is -3.29. The monoisotopic (exact) mass is 257 g/mol. The van der Waals surface area contributed by atoms with E-state index in [0.29, 0.717) is 17.7 Å². The number of hydrogen-bond acceptors (Lipinski definition) is 3. The van der Waals surface area contributed by atoms with Gasteiger partial charge in [0.2, 0.25) is 0 Å². The van der Waals surface area contributed by atoms with Crippen molar-refractivity contribution in [2.45, 2.75) is 24.2 Å². The molecule has 1 aromatic rings. The van der Waals surface area contributed by atoms with Crippen LogP contribution in [-0.2, 0) is 9.84 Å². The zero-order valence-electron chi connectivity index (χ0n) is 9.96. The molecule has 0 bridgehead atoms. The molecule has 94 valence electrons. The van der Waals surface area contributed by atoms with Crippen LogP contribution in [0.3, 0.4) is 0 Å². The molecule has 1 unspecified atom stereocenters. The first-order valence-electron chi connectivity index (χ1n) is 5.60. The fourth-order valence-electron chi connectivity index (χ4n) is 2.30. The Bertz CT molecular complexity index is 534. The molecule has 1 atom stereocenters. The van der Waals surface area contributed by atoms with Gasteiger partial charge in [0.25, 0.3) is 0 Å². The number of aryl methyl sites for hydroxylation is 1. The molecule has 17 heavy (non-hydrogen) atoms. The van der Waals surface area contributed by atoms with E-state index in [1.165, 1.54) is 12.1 Å². The van der Waals surface area contributed by atoms with Crippen LogP contribution < -0.4 is 5.32 Å². The molecule has 1 aliphatic rings. The van der Waals surface area contributed by atoms with Crippen molar-refractivity contribution in [2.75, 3.05) is 19.3 Å². The summed E-state index contributed by atoms with van der Waals surface area (Å²) in [7, 11) is -3.29. The van der Waals surface area contributed by atoms with Gasteiger partial charge >= 0.3 is 0 Å². The van der Waals surface area contributed by atoms with Crippen LogP contribution in [-0.4, -0.2) is 27.8 Å². The molecule has 1 N–H and O–H groups in total. The molecule has 2 rings (SSSR count).